The summed E-state index contributed by atoms with van der Waals surface area (Å²) in [7, 11) is 0. The van der Waals surface area contributed by atoms with Crippen molar-refractivity contribution in [1.29, 1.82) is 0 Å². The van der Waals surface area contributed by atoms with Gasteiger partial charge in [-0.1, -0.05) is 0 Å². The standard InChI is InChI=1S/C12H15FN2OS/c13-10-8-9(2-3-11(10)14)12(16)15-4-1-6-17-7-5-15/h2-3,8H,1,4-7,14H2. The van der Waals surface area contributed by atoms with E-state index in [0.29, 0.717) is 5.56 Å². The second kappa shape index (κ2) is 5.40. The molecule has 0 aromatic heterocycles. The summed E-state index contributed by atoms with van der Waals surface area (Å²) in [6, 6.07) is 4.24. The number of thioether (sulfide) groups is 1. The molecule has 0 atom stereocenters. The van der Waals surface area contributed by atoms with Crippen LogP contribution in [0.1, 0.15) is 16.8 Å². The Labute approximate surface area is 104 Å². The van der Waals surface area contributed by atoms with E-state index in [1.807, 2.05) is 11.8 Å². The quantitative estimate of drug-likeness (QED) is 0.780. The predicted octanol–water partition coefficient (Wildman–Crippen LogP) is 1.99. The number of carbonyl (C=O) groups excluding carboxylic acids is 1. The van der Waals surface area contributed by atoms with E-state index in [9.17, 15) is 9.18 Å². The number of hydrogen-bond donors (Lipinski definition) is 1. The smallest absolute Gasteiger partial charge is 0.253 e. The van der Waals surface area contributed by atoms with Gasteiger partial charge in [-0.3, -0.25) is 4.79 Å². The first-order valence-corrected chi connectivity index (χ1v) is 6.76. The maximum absolute atomic E-state index is 13.3. The van der Waals surface area contributed by atoms with E-state index in [4.69, 9.17) is 5.73 Å². The third kappa shape index (κ3) is 2.91. The molecule has 1 aliphatic rings. The van der Waals surface area contributed by atoms with Crippen molar-refractivity contribution in [3.05, 3.63) is 29.6 Å². The molecule has 0 unspecified atom stereocenters. The maximum atomic E-state index is 13.3. The Hall–Kier alpha value is -1.23. The Morgan fingerprint density at radius 1 is 1.35 bits per heavy atom. The second-order valence-electron chi connectivity index (χ2n) is 3.99. The van der Waals surface area contributed by atoms with Crippen LogP contribution in [0.5, 0.6) is 0 Å². The van der Waals surface area contributed by atoms with Crippen LogP contribution in [0.15, 0.2) is 18.2 Å². The summed E-state index contributed by atoms with van der Waals surface area (Å²) in [5.74, 6) is 1.40. The summed E-state index contributed by atoms with van der Waals surface area (Å²) in [5, 5.41) is 0. The van der Waals surface area contributed by atoms with Crippen molar-refractivity contribution in [3.63, 3.8) is 0 Å². The number of benzene rings is 1. The Morgan fingerprint density at radius 3 is 2.94 bits per heavy atom. The summed E-state index contributed by atoms with van der Waals surface area (Å²) >= 11 is 1.85. The summed E-state index contributed by atoms with van der Waals surface area (Å²) in [6.45, 7) is 1.48. The third-order valence-corrected chi connectivity index (χ3v) is 3.81. The van der Waals surface area contributed by atoms with Gasteiger partial charge in [0, 0.05) is 24.4 Å². The average Bonchev–Trinajstić information content (AvgIpc) is 2.60. The Kier molecular flexibility index (Phi) is 3.89. The van der Waals surface area contributed by atoms with Crippen LogP contribution in [0, 0.1) is 5.82 Å². The maximum Gasteiger partial charge on any atom is 0.253 e. The fourth-order valence-corrected chi connectivity index (χ4v) is 2.68. The van der Waals surface area contributed by atoms with Crippen molar-refractivity contribution in [2.24, 2.45) is 0 Å². The Balaban J connectivity index is 2.14. The van der Waals surface area contributed by atoms with Crippen LogP contribution in [-0.4, -0.2) is 35.4 Å². The number of rotatable bonds is 1. The van der Waals surface area contributed by atoms with Gasteiger partial charge in [0.2, 0.25) is 0 Å². The van der Waals surface area contributed by atoms with Gasteiger partial charge in [-0.15, -0.1) is 0 Å². The molecule has 1 aromatic rings. The summed E-state index contributed by atoms with van der Waals surface area (Å²) in [5.41, 5.74) is 5.84. The molecule has 0 spiro atoms. The fourth-order valence-electron chi connectivity index (χ4n) is 1.79. The van der Waals surface area contributed by atoms with Gasteiger partial charge in [-0.05, 0) is 30.4 Å². The van der Waals surface area contributed by atoms with E-state index >= 15 is 0 Å². The molecule has 0 bridgehead atoms. The van der Waals surface area contributed by atoms with E-state index in [1.54, 1.807) is 11.0 Å². The molecule has 2 rings (SSSR count). The number of carbonyl (C=O) groups is 1. The molecule has 0 saturated carbocycles. The molecule has 5 heteroatoms. The molecule has 0 radical (unpaired) electrons. The minimum absolute atomic E-state index is 0.0768. The average molecular weight is 254 g/mol. The fraction of sp³-hybridized carbons (Fsp3) is 0.417. The lowest BCUT2D eigenvalue weighted by Gasteiger charge is -2.20. The summed E-state index contributed by atoms with van der Waals surface area (Å²) in [4.78, 5) is 13.9. The number of amides is 1. The van der Waals surface area contributed by atoms with Crippen LogP contribution in [0.4, 0.5) is 10.1 Å². The van der Waals surface area contributed by atoms with E-state index in [0.717, 1.165) is 31.0 Å². The van der Waals surface area contributed by atoms with Gasteiger partial charge in [0.15, 0.2) is 0 Å². The first kappa shape index (κ1) is 12.2. The van der Waals surface area contributed by atoms with Gasteiger partial charge in [-0.25, -0.2) is 4.39 Å². The van der Waals surface area contributed by atoms with Crippen molar-refractivity contribution in [3.8, 4) is 0 Å². The topological polar surface area (TPSA) is 46.3 Å². The molecule has 17 heavy (non-hydrogen) atoms. The van der Waals surface area contributed by atoms with Crippen molar-refractivity contribution < 1.29 is 9.18 Å². The van der Waals surface area contributed by atoms with E-state index in [-0.39, 0.29) is 11.6 Å². The van der Waals surface area contributed by atoms with Crippen LogP contribution in [-0.2, 0) is 0 Å². The highest BCUT2D eigenvalue weighted by atomic mass is 32.2. The first-order valence-electron chi connectivity index (χ1n) is 5.60. The van der Waals surface area contributed by atoms with Gasteiger partial charge in [-0.2, -0.15) is 11.8 Å². The molecule has 92 valence electrons. The number of nitrogen functional groups attached to an aromatic ring is 1. The molecule has 1 amide bonds. The molecule has 1 aliphatic heterocycles. The highest BCUT2D eigenvalue weighted by Gasteiger charge is 2.18. The monoisotopic (exact) mass is 254 g/mol. The predicted molar refractivity (Wildman–Crippen MR) is 68.7 cm³/mol. The highest BCUT2D eigenvalue weighted by molar-refractivity contribution is 7.99. The first-order chi connectivity index (χ1) is 8.18. The molecule has 3 nitrogen and oxygen atoms in total. The minimum atomic E-state index is -0.528. The molecule has 0 aliphatic carbocycles. The lowest BCUT2D eigenvalue weighted by molar-refractivity contribution is 0.0768. The van der Waals surface area contributed by atoms with Crippen LogP contribution in [0.2, 0.25) is 0 Å². The van der Waals surface area contributed by atoms with E-state index in [1.165, 1.54) is 12.1 Å². The zero-order chi connectivity index (χ0) is 12.3. The van der Waals surface area contributed by atoms with Gasteiger partial charge in [0.1, 0.15) is 5.82 Å². The van der Waals surface area contributed by atoms with Crippen molar-refractivity contribution in [1.82, 2.24) is 4.90 Å². The highest BCUT2D eigenvalue weighted by Crippen LogP contribution is 2.16. The van der Waals surface area contributed by atoms with Crippen molar-refractivity contribution in [2.45, 2.75) is 6.42 Å². The normalized spacial score (nSPS) is 16.6. The zero-order valence-electron chi connectivity index (χ0n) is 9.49. The number of anilines is 1. The zero-order valence-corrected chi connectivity index (χ0v) is 10.3. The summed E-state index contributed by atoms with van der Waals surface area (Å²) < 4.78 is 13.3. The number of nitrogens with zero attached hydrogens (tertiary/aromatic N) is 1. The van der Waals surface area contributed by atoms with Crippen LogP contribution < -0.4 is 5.73 Å². The van der Waals surface area contributed by atoms with Gasteiger partial charge >= 0.3 is 0 Å². The van der Waals surface area contributed by atoms with Gasteiger partial charge in [0.25, 0.3) is 5.91 Å². The minimum Gasteiger partial charge on any atom is -0.396 e. The summed E-state index contributed by atoms with van der Waals surface area (Å²) in [6.07, 6.45) is 0.994. The molecule has 1 aromatic carbocycles. The number of halogens is 1. The lowest BCUT2D eigenvalue weighted by atomic mass is 10.1. The number of hydrogen-bond acceptors (Lipinski definition) is 3. The van der Waals surface area contributed by atoms with Crippen molar-refractivity contribution >= 4 is 23.4 Å². The van der Waals surface area contributed by atoms with Crippen LogP contribution in [0.3, 0.4) is 0 Å². The number of nitrogens with two attached hydrogens (primary N) is 1. The second-order valence-corrected chi connectivity index (χ2v) is 5.22. The lowest BCUT2D eigenvalue weighted by Crippen LogP contribution is -2.33. The largest absolute Gasteiger partial charge is 0.396 e. The molecule has 1 saturated heterocycles. The third-order valence-electron chi connectivity index (χ3n) is 2.76. The van der Waals surface area contributed by atoms with Gasteiger partial charge in [0.05, 0.1) is 5.69 Å². The molecular weight excluding hydrogens is 239 g/mol. The van der Waals surface area contributed by atoms with Crippen LogP contribution in [0.25, 0.3) is 0 Å². The Bertz CT molecular complexity index is 417. The van der Waals surface area contributed by atoms with E-state index in [2.05, 4.69) is 0 Å². The van der Waals surface area contributed by atoms with E-state index < -0.39 is 5.82 Å². The van der Waals surface area contributed by atoms with Crippen molar-refractivity contribution in [2.75, 3.05) is 30.3 Å². The van der Waals surface area contributed by atoms with Gasteiger partial charge < -0.3 is 10.6 Å². The molecular formula is C12H15FN2OS. The SMILES string of the molecule is Nc1ccc(C(=O)N2CCCSCC2)cc1F. The Morgan fingerprint density at radius 2 is 2.18 bits per heavy atom. The van der Waals surface area contributed by atoms with Crippen LogP contribution >= 0.6 is 11.8 Å². The molecule has 1 fully saturated rings. The molecule has 2 N–H and O–H groups in total. The molecule has 1 heterocycles.